The predicted octanol–water partition coefficient (Wildman–Crippen LogP) is 1.67. The van der Waals surface area contributed by atoms with Crippen molar-refractivity contribution < 1.29 is 8.42 Å². The first kappa shape index (κ1) is 12.3. The molecule has 1 rings (SSSR count). The number of alkyl halides is 1. The molecule has 0 aliphatic carbocycles. The smallest absolute Gasteiger partial charge is 0.212 e. The lowest BCUT2D eigenvalue weighted by molar-refractivity contribution is 0.283. The second kappa shape index (κ2) is 4.37. The Balaban J connectivity index is 2.78. The van der Waals surface area contributed by atoms with Crippen LogP contribution in [0, 0.1) is 5.92 Å². The molecule has 3 nitrogen and oxygen atoms in total. The molecule has 0 aromatic heterocycles. The highest BCUT2D eigenvalue weighted by molar-refractivity contribution is 7.89. The maximum absolute atomic E-state index is 11.8. The van der Waals surface area contributed by atoms with E-state index >= 15 is 0 Å². The van der Waals surface area contributed by atoms with Gasteiger partial charge in [-0.25, -0.2) is 8.42 Å². The quantitative estimate of drug-likeness (QED) is 0.688. The van der Waals surface area contributed by atoms with E-state index in [-0.39, 0.29) is 10.6 Å². The van der Waals surface area contributed by atoms with Gasteiger partial charge in [-0.2, -0.15) is 4.31 Å². The van der Waals surface area contributed by atoms with E-state index < -0.39 is 10.0 Å². The van der Waals surface area contributed by atoms with Gasteiger partial charge in [-0.15, -0.1) is 11.6 Å². The summed E-state index contributed by atoms with van der Waals surface area (Å²) in [5.41, 5.74) is 0. The van der Waals surface area contributed by atoms with Crippen molar-refractivity contribution in [3.8, 4) is 0 Å². The van der Waals surface area contributed by atoms with Gasteiger partial charge in [-0.05, 0) is 26.2 Å². The summed E-state index contributed by atoms with van der Waals surface area (Å²) in [5, 5.41) is -0.385. The van der Waals surface area contributed by atoms with Crippen molar-refractivity contribution in [1.29, 1.82) is 0 Å². The summed E-state index contributed by atoms with van der Waals surface area (Å²) in [7, 11) is -3.12. The van der Waals surface area contributed by atoms with Gasteiger partial charge in [0.25, 0.3) is 0 Å². The molecule has 1 fully saturated rings. The Labute approximate surface area is 91.5 Å². The minimum absolute atomic E-state index is 0.0349. The van der Waals surface area contributed by atoms with Crippen LogP contribution in [0.4, 0.5) is 0 Å². The summed E-state index contributed by atoms with van der Waals surface area (Å²) in [4.78, 5) is 0. The Kier molecular flexibility index (Phi) is 3.83. The van der Waals surface area contributed by atoms with Crippen LogP contribution in [0.3, 0.4) is 0 Å². The van der Waals surface area contributed by atoms with E-state index in [2.05, 4.69) is 0 Å². The van der Waals surface area contributed by atoms with Gasteiger partial charge in [0, 0.05) is 18.5 Å². The van der Waals surface area contributed by atoms with E-state index in [0.717, 1.165) is 6.42 Å². The lowest BCUT2D eigenvalue weighted by Gasteiger charge is -2.34. The molecule has 84 valence electrons. The average molecular weight is 240 g/mol. The highest BCUT2D eigenvalue weighted by Crippen LogP contribution is 2.24. The monoisotopic (exact) mass is 239 g/mol. The Morgan fingerprint density at radius 1 is 1.36 bits per heavy atom. The van der Waals surface area contributed by atoms with Crippen LogP contribution < -0.4 is 0 Å². The third kappa shape index (κ3) is 2.61. The SMILES string of the molecule is CC1CC(Cl)CN(S(=O)(=O)C(C)C)C1. The molecular formula is C9H18ClNO2S. The second-order valence-electron chi connectivity index (χ2n) is 4.35. The van der Waals surface area contributed by atoms with E-state index in [1.54, 1.807) is 13.8 Å². The number of halogens is 1. The fourth-order valence-corrected chi connectivity index (χ4v) is 3.73. The molecule has 2 unspecified atom stereocenters. The summed E-state index contributed by atoms with van der Waals surface area (Å²) in [6.07, 6.45) is 0.908. The van der Waals surface area contributed by atoms with Gasteiger partial charge in [0.1, 0.15) is 0 Å². The molecule has 1 heterocycles. The molecule has 14 heavy (non-hydrogen) atoms. The van der Waals surface area contributed by atoms with Crippen molar-refractivity contribution in [3.05, 3.63) is 0 Å². The number of rotatable bonds is 2. The van der Waals surface area contributed by atoms with Gasteiger partial charge < -0.3 is 0 Å². The summed E-state index contributed by atoms with van der Waals surface area (Å²) in [6.45, 7) is 6.53. The lowest BCUT2D eigenvalue weighted by Crippen LogP contribution is -2.46. The fraction of sp³-hybridized carbons (Fsp3) is 1.00. The Morgan fingerprint density at radius 3 is 2.36 bits per heavy atom. The summed E-state index contributed by atoms with van der Waals surface area (Å²) < 4.78 is 25.2. The van der Waals surface area contributed by atoms with E-state index in [4.69, 9.17) is 11.6 Å². The van der Waals surface area contributed by atoms with Crippen LogP contribution in [0.2, 0.25) is 0 Å². The molecule has 0 saturated carbocycles. The van der Waals surface area contributed by atoms with Gasteiger partial charge in [-0.1, -0.05) is 6.92 Å². The van der Waals surface area contributed by atoms with Crippen LogP contribution >= 0.6 is 11.6 Å². The zero-order chi connectivity index (χ0) is 10.9. The van der Waals surface area contributed by atoms with Gasteiger partial charge in [0.05, 0.1) is 5.25 Å². The number of hydrogen-bond donors (Lipinski definition) is 0. The Bertz CT molecular complexity index is 279. The molecule has 0 aromatic carbocycles. The summed E-state index contributed by atoms with van der Waals surface area (Å²) in [6, 6.07) is 0. The fourth-order valence-electron chi connectivity index (χ4n) is 1.73. The van der Waals surface area contributed by atoms with Crippen LogP contribution in [-0.2, 0) is 10.0 Å². The maximum Gasteiger partial charge on any atom is 0.216 e. The Hall–Kier alpha value is 0.200. The molecular weight excluding hydrogens is 222 g/mol. The first-order valence-corrected chi connectivity index (χ1v) is 6.91. The zero-order valence-electron chi connectivity index (χ0n) is 8.90. The molecule has 1 aliphatic heterocycles. The lowest BCUT2D eigenvalue weighted by atomic mass is 10.0. The van der Waals surface area contributed by atoms with Crippen LogP contribution in [0.15, 0.2) is 0 Å². The minimum Gasteiger partial charge on any atom is -0.212 e. The van der Waals surface area contributed by atoms with Crippen molar-refractivity contribution in [2.24, 2.45) is 5.92 Å². The van der Waals surface area contributed by atoms with Gasteiger partial charge in [0.2, 0.25) is 10.0 Å². The van der Waals surface area contributed by atoms with E-state index in [1.165, 1.54) is 4.31 Å². The van der Waals surface area contributed by atoms with Crippen molar-refractivity contribution in [2.75, 3.05) is 13.1 Å². The maximum atomic E-state index is 11.8. The second-order valence-corrected chi connectivity index (χ2v) is 7.46. The standard InChI is InChI=1S/C9H18ClNO2S/c1-7(2)14(12,13)11-5-8(3)4-9(10)6-11/h7-9H,4-6H2,1-3H3. The molecule has 0 N–H and O–H groups in total. The first-order valence-electron chi connectivity index (χ1n) is 4.97. The normalized spacial score (nSPS) is 30.9. The predicted molar refractivity (Wildman–Crippen MR) is 59.1 cm³/mol. The largest absolute Gasteiger partial charge is 0.216 e. The third-order valence-electron chi connectivity index (χ3n) is 2.53. The average Bonchev–Trinajstić information content (AvgIpc) is 2.01. The number of nitrogens with zero attached hydrogens (tertiary/aromatic N) is 1. The topological polar surface area (TPSA) is 37.4 Å². The highest BCUT2D eigenvalue weighted by atomic mass is 35.5. The molecule has 0 aromatic rings. The van der Waals surface area contributed by atoms with Crippen LogP contribution in [-0.4, -0.2) is 36.4 Å². The van der Waals surface area contributed by atoms with Crippen molar-refractivity contribution in [2.45, 2.75) is 37.8 Å². The first-order chi connectivity index (χ1) is 6.34. The molecule has 5 heteroatoms. The van der Waals surface area contributed by atoms with Crippen molar-refractivity contribution in [3.63, 3.8) is 0 Å². The van der Waals surface area contributed by atoms with Gasteiger partial charge >= 0.3 is 0 Å². The highest BCUT2D eigenvalue weighted by Gasteiger charge is 2.32. The molecule has 0 radical (unpaired) electrons. The summed E-state index contributed by atoms with van der Waals surface area (Å²) in [5.74, 6) is 0.361. The van der Waals surface area contributed by atoms with Crippen molar-refractivity contribution in [1.82, 2.24) is 4.31 Å². The number of piperidine rings is 1. The minimum atomic E-state index is -3.12. The molecule has 0 amide bonds. The third-order valence-corrected chi connectivity index (χ3v) is 5.06. The van der Waals surface area contributed by atoms with E-state index in [0.29, 0.717) is 19.0 Å². The molecule has 1 saturated heterocycles. The summed E-state index contributed by atoms with van der Waals surface area (Å²) >= 11 is 6.01. The molecule has 0 spiro atoms. The van der Waals surface area contributed by atoms with Gasteiger partial charge in [0.15, 0.2) is 0 Å². The van der Waals surface area contributed by atoms with E-state index in [1.807, 2.05) is 6.92 Å². The van der Waals surface area contributed by atoms with Crippen LogP contribution in [0.1, 0.15) is 27.2 Å². The van der Waals surface area contributed by atoms with Gasteiger partial charge in [-0.3, -0.25) is 0 Å². The Morgan fingerprint density at radius 2 is 1.93 bits per heavy atom. The molecule has 0 bridgehead atoms. The molecule has 1 aliphatic rings. The zero-order valence-corrected chi connectivity index (χ0v) is 10.5. The van der Waals surface area contributed by atoms with Crippen LogP contribution in [0.25, 0.3) is 0 Å². The van der Waals surface area contributed by atoms with Crippen molar-refractivity contribution >= 4 is 21.6 Å². The van der Waals surface area contributed by atoms with E-state index in [9.17, 15) is 8.42 Å². The molecule has 2 atom stereocenters. The van der Waals surface area contributed by atoms with Crippen LogP contribution in [0.5, 0.6) is 0 Å². The number of hydrogen-bond acceptors (Lipinski definition) is 2. The number of sulfonamides is 1.